The molecule has 108 valence electrons. The number of ether oxygens (including phenoxy) is 2. The summed E-state index contributed by atoms with van der Waals surface area (Å²) < 4.78 is 34.0. The summed E-state index contributed by atoms with van der Waals surface area (Å²) in [6, 6.07) is 1.52. The Bertz CT molecular complexity index is 364. The van der Waals surface area contributed by atoms with Crippen LogP contribution in [0.1, 0.15) is 31.4 Å². The number of hydrogen-bond acceptors (Lipinski definition) is 4. The van der Waals surface area contributed by atoms with E-state index in [2.05, 4.69) is 4.98 Å². The molecule has 4 nitrogen and oxygen atoms in total. The fourth-order valence-electron chi connectivity index (χ4n) is 1.49. The third-order valence-corrected chi connectivity index (χ3v) is 2.45. The van der Waals surface area contributed by atoms with E-state index >= 15 is 0 Å². The number of rotatable bonds is 9. The Kier molecular flexibility index (Phi) is 7.28. The smallest absolute Gasteiger partial charge is 0.261 e. The van der Waals surface area contributed by atoms with Crippen molar-refractivity contribution in [2.75, 3.05) is 19.8 Å². The molecule has 1 unspecified atom stereocenters. The van der Waals surface area contributed by atoms with Crippen LogP contribution >= 0.6 is 0 Å². The van der Waals surface area contributed by atoms with Crippen LogP contribution in [-0.4, -0.2) is 31.2 Å². The molecule has 0 aliphatic carbocycles. The largest absolute Gasteiger partial charge is 0.492 e. The van der Waals surface area contributed by atoms with Crippen molar-refractivity contribution < 1.29 is 18.3 Å². The SMILES string of the molecule is CCCOc1cncc(C(N)CCOCC(F)F)c1. The number of nitrogens with zero attached hydrogens (tertiary/aromatic N) is 1. The Morgan fingerprint density at radius 1 is 1.32 bits per heavy atom. The number of halogens is 2. The summed E-state index contributed by atoms with van der Waals surface area (Å²) in [4.78, 5) is 4.05. The summed E-state index contributed by atoms with van der Waals surface area (Å²) in [5, 5.41) is 0. The van der Waals surface area contributed by atoms with Crippen molar-refractivity contribution in [1.29, 1.82) is 0 Å². The van der Waals surface area contributed by atoms with Crippen LogP contribution in [0.25, 0.3) is 0 Å². The lowest BCUT2D eigenvalue weighted by atomic mass is 10.1. The molecule has 0 saturated carbocycles. The molecule has 0 aromatic carbocycles. The predicted molar refractivity (Wildman–Crippen MR) is 68.4 cm³/mol. The Balaban J connectivity index is 2.40. The van der Waals surface area contributed by atoms with Gasteiger partial charge in [0, 0.05) is 18.8 Å². The first-order chi connectivity index (χ1) is 9.13. The van der Waals surface area contributed by atoms with E-state index in [4.69, 9.17) is 15.2 Å². The van der Waals surface area contributed by atoms with E-state index in [0.29, 0.717) is 18.8 Å². The molecule has 0 spiro atoms. The highest BCUT2D eigenvalue weighted by atomic mass is 19.3. The number of hydrogen-bond donors (Lipinski definition) is 1. The Morgan fingerprint density at radius 3 is 2.79 bits per heavy atom. The summed E-state index contributed by atoms with van der Waals surface area (Å²) in [5.74, 6) is 0.670. The molecule has 0 aliphatic rings. The van der Waals surface area contributed by atoms with Crippen molar-refractivity contribution in [2.24, 2.45) is 5.73 Å². The van der Waals surface area contributed by atoms with E-state index in [1.807, 2.05) is 13.0 Å². The third-order valence-electron chi connectivity index (χ3n) is 2.45. The molecule has 0 fully saturated rings. The normalized spacial score (nSPS) is 12.7. The van der Waals surface area contributed by atoms with Crippen LogP contribution in [0, 0.1) is 0 Å². The summed E-state index contributed by atoms with van der Waals surface area (Å²) >= 11 is 0. The Labute approximate surface area is 111 Å². The van der Waals surface area contributed by atoms with E-state index < -0.39 is 13.0 Å². The van der Waals surface area contributed by atoms with Gasteiger partial charge in [-0.25, -0.2) is 8.78 Å². The number of pyridine rings is 1. The van der Waals surface area contributed by atoms with Crippen molar-refractivity contribution in [1.82, 2.24) is 4.98 Å². The molecule has 1 atom stereocenters. The molecule has 0 aliphatic heterocycles. The minimum atomic E-state index is -2.44. The highest BCUT2D eigenvalue weighted by Crippen LogP contribution is 2.18. The standard InChI is InChI=1S/C13H20F2N2O2/c1-2-4-19-11-6-10(7-17-8-11)12(16)3-5-18-9-13(14)15/h6-8,12-13H,2-5,9,16H2,1H3. The predicted octanol–water partition coefficient (Wildman–Crippen LogP) is 2.54. The van der Waals surface area contributed by atoms with Crippen LogP contribution in [0.15, 0.2) is 18.5 Å². The second kappa shape index (κ2) is 8.77. The van der Waals surface area contributed by atoms with Gasteiger partial charge >= 0.3 is 0 Å². The van der Waals surface area contributed by atoms with Gasteiger partial charge in [-0.15, -0.1) is 0 Å². The van der Waals surface area contributed by atoms with Crippen molar-refractivity contribution in [3.63, 3.8) is 0 Å². The molecule has 6 heteroatoms. The average Bonchev–Trinajstić information content (AvgIpc) is 2.41. The molecular formula is C13H20F2N2O2. The lowest BCUT2D eigenvalue weighted by molar-refractivity contribution is 0.0152. The lowest BCUT2D eigenvalue weighted by Crippen LogP contribution is -2.15. The molecule has 0 bridgehead atoms. The summed E-state index contributed by atoms with van der Waals surface area (Å²) in [5.41, 5.74) is 6.76. The minimum Gasteiger partial charge on any atom is -0.492 e. The highest BCUT2D eigenvalue weighted by Gasteiger charge is 2.09. The second-order valence-corrected chi connectivity index (χ2v) is 4.16. The zero-order valence-corrected chi connectivity index (χ0v) is 11.0. The molecule has 0 amide bonds. The fraction of sp³-hybridized carbons (Fsp3) is 0.615. The molecule has 1 heterocycles. The Hall–Kier alpha value is -1.27. The van der Waals surface area contributed by atoms with Gasteiger partial charge in [-0.3, -0.25) is 4.98 Å². The zero-order valence-electron chi connectivity index (χ0n) is 11.0. The first-order valence-corrected chi connectivity index (χ1v) is 6.32. The lowest BCUT2D eigenvalue weighted by Gasteiger charge is -2.13. The monoisotopic (exact) mass is 274 g/mol. The van der Waals surface area contributed by atoms with Gasteiger partial charge in [-0.1, -0.05) is 6.92 Å². The first-order valence-electron chi connectivity index (χ1n) is 6.32. The molecule has 1 rings (SSSR count). The molecule has 2 N–H and O–H groups in total. The average molecular weight is 274 g/mol. The van der Waals surface area contributed by atoms with Crippen LogP contribution in [0.4, 0.5) is 8.78 Å². The van der Waals surface area contributed by atoms with Crippen molar-refractivity contribution in [3.05, 3.63) is 24.0 Å². The van der Waals surface area contributed by atoms with Crippen molar-refractivity contribution in [3.8, 4) is 5.75 Å². The fourth-order valence-corrected chi connectivity index (χ4v) is 1.49. The van der Waals surface area contributed by atoms with Crippen LogP contribution in [0.5, 0.6) is 5.75 Å². The van der Waals surface area contributed by atoms with Crippen LogP contribution < -0.4 is 10.5 Å². The first kappa shape index (κ1) is 15.8. The van der Waals surface area contributed by atoms with Gasteiger partial charge in [0.25, 0.3) is 6.43 Å². The van der Waals surface area contributed by atoms with Gasteiger partial charge in [-0.2, -0.15) is 0 Å². The van der Waals surface area contributed by atoms with E-state index in [-0.39, 0.29) is 12.6 Å². The van der Waals surface area contributed by atoms with Gasteiger partial charge in [0.15, 0.2) is 0 Å². The van der Waals surface area contributed by atoms with Gasteiger partial charge in [0.2, 0.25) is 0 Å². The molecule has 19 heavy (non-hydrogen) atoms. The maximum absolute atomic E-state index is 11.9. The number of aromatic nitrogens is 1. The molecular weight excluding hydrogens is 254 g/mol. The maximum atomic E-state index is 11.9. The van der Waals surface area contributed by atoms with Crippen LogP contribution in [0.3, 0.4) is 0 Å². The highest BCUT2D eigenvalue weighted by molar-refractivity contribution is 5.25. The van der Waals surface area contributed by atoms with Gasteiger partial charge in [0.1, 0.15) is 12.4 Å². The second-order valence-electron chi connectivity index (χ2n) is 4.16. The number of alkyl halides is 2. The van der Waals surface area contributed by atoms with Gasteiger partial charge < -0.3 is 15.2 Å². The van der Waals surface area contributed by atoms with Crippen molar-refractivity contribution >= 4 is 0 Å². The maximum Gasteiger partial charge on any atom is 0.261 e. The quantitative estimate of drug-likeness (QED) is 0.703. The molecule has 0 saturated heterocycles. The molecule has 1 aromatic rings. The summed E-state index contributed by atoms with van der Waals surface area (Å²) in [7, 11) is 0. The third kappa shape index (κ3) is 6.45. The summed E-state index contributed by atoms with van der Waals surface area (Å²) in [6.45, 7) is 2.29. The minimum absolute atomic E-state index is 0.200. The van der Waals surface area contributed by atoms with E-state index in [1.165, 1.54) is 0 Å². The zero-order chi connectivity index (χ0) is 14.1. The number of nitrogens with two attached hydrogens (primary N) is 1. The van der Waals surface area contributed by atoms with E-state index in [0.717, 1.165) is 12.0 Å². The van der Waals surface area contributed by atoms with Gasteiger partial charge in [-0.05, 0) is 24.5 Å². The van der Waals surface area contributed by atoms with E-state index in [9.17, 15) is 8.78 Å². The molecule has 0 radical (unpaired) electrons. The molecule has 1 aromatic heterocycles. The van der Waals surface area contributed by atoms with E-state index in [1.54, 1.807) is 12.4 Å². The van der Waals surface area contributed by atoms with Crippen molar-refractivity contribution in [2.45, 2.75) is 32.2 Å². The van der Waals surface area contributed by atoms with Gasteiger partial charge in [0.05, 0.1) is 12.8 Å². The van der Waals surface area contributed by atoms with Crippen LogP contribution in [-0.2, 0) is 4.74 Å². The Morgan fingerprint density at radius 2 is 2.11 bits per heavy atom. The topological polar surface area (TPSA) is 57.4 Å². The van der Waals surface area contributed by atoms with Crippen LogP contribution in [0.2, 0.25) is 0 Å². The summed E-state index contributed by atoms with van der Waals surface area (Å²) in [6.07, 6.45) is 2.21.